The fraction of sp³-hybridized carbons (Fsp3) is 0.417. The molecule has 1 aliphatic heterocycles. The number of amides is 1. The van der Waals surface area contributed by atoms with Crippen LogP contribution < -0.4 is 15.2 Å². The van der Waals surface area contributed by atoms with E-state index in [0.29, 0.717) is 10.6 Å². The van der Waals surface area contributed by atoms with Crippen molar-refractivity contribution in [1.29, 1.82) is 0 Å². The zero-order chi connectivity index (χ0) is 15.6. The smallest absolute Gasteiger partial charge is 0.406 e. The number of rotatable bonds is 4. The molecule has 116 valence electrons. The molecule has 1 amide bonds. The molecule has 1 aromatic carbocycles. The van der Waals surface area contributed by atoms with Crippen LogP contribution in [-0.2, 0) is 0 Å². The summed E-state index contributed by atoms with van der Waals surface area (Å²) in [5, 5.41) is 8.82. The van der Waals surface area contributed by atoms with E-state index >= 15 is 0 Å². The average Bonchev–Trinajstić information content (AvgIpc) is 2.82. The van der Waals surface area contributed by atoms with Gasteiger partial charge in [0.15, 0.2) is 11.5 Å². The number of nitrogen functional groups attached to an aromatic ring is 1. The van der Waals surface area contributed by atoms with Gasteiger partial charge in [-0.2, -0.15) is 13.2 Å². The molecule has 6 nitrogen and oxygen atoms in total. The van der Waals surface area contributed by atoms with E-state index in [1.54, 1.807) is 0 Å². The van der Waals surface area contributed by atoms with E-state index in [9.17, 15) is 18.0 Å². The molecule has 1 heterocycles. The number of ether oxygens (including phenoxy) is 2. The lowest BCUT2D eigenvalue weighted by Crippen LogP contribution is -2.40. The van der Waals surface area contributed by atoms with Crippen molar-refractivity contribution in [2.24, 2.45) is 0 Å². The maximum atomic E-state index is 12.5. The number of nitrogens with two attached hydrogens (primary N) is 1. The standard InChI is InChI=1S/C12H13F3N2O4/c13-12(14,15)5-17(1-2-18)11(19)7-3-9-10(4-8(7)16)21-6-20-9/h3-4,18H,1-2,5-6,16H2. The van der Waals surface area contributed by atoms with Gasteiger partial charge < -0.3 is 25.2 Å². The zero-order valence-electron chi connectivity index (χ0n) is 10.8. The number of alkyl halides is 3. The summed E-state index contributed by atoms with van der Waals surface area (Å²) in [6.07, 6.45) is -4.57. The Kier molecular flexibility index (Phi) is 4.12. The lowest BCUT2D eigenvalue weighted by molar-refractivity contribution is -0.141. The van der Waals surface area contributed by atoms with Gasteiger partial charge in [-0.1, -0.05) is 0 Å². The van der Waals surface area contributed by atoms with E-state index in [1.165, 1.54) is 12.1 Å². The molecule has 2 rings (SSSR count). The summed E-state index contributed by atoms with van der Waals surface area (Å²) in [6.45, 7) is -2.56. The Labute approximate surface area is 117 Å². The molecule has 0 saturated heterocycles. The minimum Gasteiger partial charge on any atom is -0.454 e. The van der Waals surface area contributed by atoms with Crippen LogP contribution in [0.1, 0.15) is 10.4 Å². The van der Waals surface area contributed by atoms with Gasteiger partial charge in [-0.3, -0.25) is 4.79 Å². The third-order valence-electron chi connectivity index (χ3n) is 2.80. The van der Waals surface area contributed by atoms with Gasteiger partial charge >= 0.3 is 6.18 Å². The second-order valence-corrected chi connectivity index (χ2v) is 4.36. The largest absolute Gasteiger partial charge is 0.454 e. The highest BCUT2D eigenvalue weighted by Crippen LogP contribution is 2.36. The van der Waals surface area contributed by atoms with Crippen molar-refractivity contribution >= 4 is 11.6 Å². The summed E-state index contributed by atoms with van der Waals surface area (Å²) in [6, 6.07) is 2.56. The number of fused-ring (bicyclic) bond motifs is 1. The van der Waals surface area contributed by atoms with Gasteiger partial charge in [-0.05, 0) is 6.07 Å². The lowest BCUT2D eigenvalue weighted by Gasteiger charge is -2.23. The van der Waals surface area contributed by atoms with Gasteiger partial charge in [0.1, 0.15) is 6.54 Å². The number of hydrogen-bond acceptors (Lipinski definition) is 5. The quantitative estimate of drug-likeness (QED) is 0.811. The van der Waals surface area contributed by atoms with Gasteiger partial charge in [0.2, 0.25) is 6.79 Å². The van der Waals surface area contributed by atoms with Crippen LogP contribution in [0.2, 0.25) is 0 Å². The number of anilines is 1. The Bertz CT molecular complexity index is 548. The van der Waals surface area contributed by atoms with Crippen LogP contribution in [0.25, 0.3) is 0 Å². The number of halogens is 3. The Morgan fingerprint density at radius 1 is 1.33 bits per heavy atom. The van der Waals surface area contributed by atoms with Crippen LogP contribution in [0, 0.1) is 0 Å². The van der Waals surface area contributed by atoms with Gasteiger partial charge in [0.25, 0.3) is 5.91 Å². The minimum atomic E-state index is -4.57. The highest BCUT2D eigenvalue weighted by Gasteiger charge is 2.34. The van der Waals surface area contributed by atoms with Crippen molar-refractivity contribution in [2.45, 2.75) is 6.18 Å². The van der Waals surface area contributed by atoms with Gasteiger partial charge in [0, 0.05) is 18.3 Å². The molecule has 0 bridgehead atoms. The van der Waals surface area contributed by atoms with Crippen LogP contribution >= 0.6 is 0 Å². The van der Waals surface area contributed by atoms with Crippen molar-refractivity contribution in [1.82, 2.24) is 4.90 Å². The Balaban J connectivity index is 2.28. The molecular formula is C12H13F3N2O4. The first-order chi connectivity index (χ1) is 9.81. The summed E-state index contributed by atoms with van der Waals surface area (Å²) in [5.41, 5.74) is 5.52. The molecule has 0 unspecified atom stereocenters. The lowest BCUT2D eigenvalue weighted by atomic mass is 10.1. The third kappa shape index (κ3) is 3.48. The predicted octanol–water partition coefficient (Wildman–Crippen LogP) is 0.994. The second kappa shape index (κ2) is 5.68. The van der Waals surface area contributed by atoms with Crippen molar-refractivity contribution in [2.75, 3.05) is 32.2 Å². The van der Waals surface area contributed by atoms with Crippen LogP contribution in [0.5, 0.6) is 11.5 Å². The number of nitrogens with zero attached hydrogens (tertiary/aromatic N) is 1. The first-order valence-electron chi connectivity index (χ1n) is 5.98. The maximum Gasteiger partial charge on any atom is 0.406 e. The molecule has 1 aliphatic rings. The monoisotopic (exact) mass is 306 g/mol. The molecule has 21 heavy (non-hydrogen) atoms. The maximum absolute atomic E-state index is 12.5. The molecule has 0 fully saturated rings. The van der Waals surface area contributed by atoms with Gasteiger partial charge in [-0.25, -0.2) is 0 Å². The fourth-order valence-electron chi connectivity index (χ4n) is 1.90. The third-order valence-corrected chi connectivity index (χ3v) is 2.80. The molecular weight excluding hydrogens is 293 g/mol. The molecule has 0 radical (unpaired) electrons. The SMILES string of the molecule is Nc1cc2c(cc1C(=O)N(CCO)CC(F)(F)F)OCO2. The topological polar surface area (TPSA) is 85.0 Å². The normalized spacial score (nSPS) is 13.3. The number of carbonyl (C=O) groups is 1. The van der Waals surface area contributed by atoms with E-state index in [2.05, 4.69) is 0 Å². The first-order valence-corrected chi connectivity index (χ1v) is 5.98. The molecule has 0 spiro atoms. The summed E-state index contributed by atoms with van der Waals surface area (Å²) >= 11 is 0. The summed E-state index contributed by atoms with van der Waals surface area (Å²) in [5.74, 6) is -0.366. The van der Waals surface area contributed by atoms with E-state index in [0.717, 1.165) is 0 Å². The van der Waals surface area contributed by atoms with E-state index in [1.807, 2.05) is 0 Å². The van der Waals surface area contributed by atoms with Gasteiger partial charge in [0.05, 0.1) is 12.2 Å². The fourth-order valence-corrected chi connectivity index (χ4v) is 1.90. The number of aliphatic hydroxyl groups is 1. The number of benzene rings is 1. The zero-order valence-corrected chi connectivity index (χ0v) is 10.8. The van der Waals surface area contributed by atoms with Crippen LogP contribution in [-0.4, -0.2) is 48.6 Å². The minimum absolute atomic E-state index is 0.0191. The predicted molar refractivity (Wildman–Crippen MR) is 66.0 cm³/mol. The Morgan fingerprint density at radius 2 is 1.95 bits per heavy atom. The summed E-state index contributed by atoms with van der Waals surface area (Å²) < 4.78 is 47.5. The first kappa shape index (κ1) is 15.2. The van der Waals surface area contributed by atoms with E-state index < -0.39 is 31.8 Å². The molecule has 0 saturated carbocycles. The number of carbonyl (C=O) groups excluding carboxylic acids is 1. The van der Waals surface area contributed by atoms with Crippen LogP contribution in [0.3, 0.4) is 0 Å². The van der Waals surface area contributed by atoms with Crippen molar-refractivity contribution in [3.05, 3.63) is 17.7 Å². The number of hydrogen-bond donors (Lipinski definition) is 2. The van der Waals surface area contributed by atoms with E-state index in [4.69, 9.17) is 20.3 Å². The average molecular weight is 306 g/mol. The van der Waals surface area contributed by atoms with Crippen molar-refractivity contribution < 1.29 is 32.5 Å². The van der Waals surface area contributed by atoms with Crippen LogP contribution in [0.4, 0.5) is 18.9 Å². The Hall–Kier alpha value is -2.16. The summed E-state index contributed by atoms with van der Waals surface area (Å²) in [7, 11) is 0. The molecule has 0 aromatic heterocycles. The molecule has 9 heteroatoms. The van der Waals surface area contributed by atoms with E-state index in [-0.39, 0.29) is 23.8 Å². The highest BCUT2D eigenvalue weighted by atomic mass is 19.4. The molecule has 3 N–H and O–H groups in total. The highest BCUT2D eigenvalue weighted by molar-refractivity contribution is 6.00. The van der Waals surface area contributed by atoms with Gasteiger partial charge in [-0.15, -0.1) is 0 Å². The molecule has 0 atom stereocenters. The van der Waals surface area contributed by atoms with Crippen LogP contribution in [0.15, 0.2) is 12.1 Å². The molecule has 1 aromatic rings. The second-order valence-electron chi connectivity index (χ2n) is 4.36. The van der Waals surface area contributed by atoms with Crippen molar-refractivity contribution in [3.8, 4) is 11.5 Å². The number of aliphatic hydroxyl groups excluding tert-OH is 1. The Morgan fingerprint density at radius 3 is 2.52 bits per heavy atom. The van der Waals surface area contributed by atoms with Crippen molar-refractivity contribution in [3.63, 3.8) is 0 Å². The molecule has 0 aliphatic carbocycles. The summed E-state index contributed by atoms with van der Waals surface area (Å²) in [4.78, 5) is 12.7.